The maximum Gasteiger partial charge on any atom is 0.339 e. The molecule has 0 bridgehead atoms. The number of aryl methyl sites for hydroxylation is 1. The van der Waals surface area contributed by atoms with Crippen molar-refractivity contribution in [2.24, 2.45) is 0 Å². The summed E-state index contributed by atoms with van der Waals surface area (Å²) in [7, 11) is 0. The molecule has 9 heteroatoms. The zero-order chi connectivity index (χ0) is 19.4. The summed E-state index contributed by atoms with van der Waals surface area (Å²) in [6, 6.07) is 8.89. The summed E-state index contributed by atoms with van der Waals surface area (Å²) in [6.07, 6.45) is 1.49. The molecule has 0 spiro atoms. The van der Waals surface area contributed by atoms with Crippen molar-refractivity contribution in [1.29, 1.82) is 0 Å². The van der Waals surface area contributed by atoms with Crippen LogP contribution in [0.5, 0.6) is 0 Å². The van der Waals surface area contributed by atoms with Crippen molar-refractivity contribution in [3.63, 3.8) is 0 Å². The van der Waals surface area contributed by atoms with Crippen LogP contribution in [0.15, 0.2) is 36.7 Å². The van der Waals surface area contributed by atoms with Crippen LogP contribution in [0.1, 0.15) is 28.7 Å². The molecule has 0 fully saturated rings. The summed E-state index contributed by atoms with van der Waals surface area (Å²) in [5, 5.41) is 13.8. The Kier molecular flexibility index (Phi) is 5.30. The van der Waals surface area contributed by atoms with E-state index in [1.165, 1.54) is 11.0 Å². The first-order valence-corrected chi connectivity index (χ1v) is 8.46. The van der Waals surface area contributed by atoms with E-state index in [1.54, 1.807) is 48.7 Å². The van der Waals surface area contributed by atoms with Crippen molar-refractivity contribution >= 4 is 17.6 Å². The summed E-state index contributed by atoms with van der Waals surface area (Å²) < 4.78 is 8.36. The number of nitrogens with zero attached hydrogens (tertiary/aromatic N) is 5. The predicted octanol–water partition coefficient (Wildman–Crippen LogP) is 1.90. The summed E-state index contributed by atoms with van der Waals surface area (Å²) in [4.78, 5) is 24.4. The normalized spacial score (nSPS) is 10.6. The molecule has 2 heterocycles. The number of nitrogens with one attached hydrogen (secondary N) is 1. The molecular weight excluding hydrogens is 348 g/mol. The predicted molar refractivity (Wildman–Crippen MR) is 97.6 cm³/mol. The summed E-state index contributed by atoms with van der Waals surface area (Å²) >= 11 is 0. The number of aromatic nitrogens is 5. The van der Waals surface area contributed by atoms with Gasteiger partial charge in [0.1, 0.15) is 12.9 Å². The zero-order valence-corrected chi connectivity index (χ0v) is 15.3. The quantitative estimate of drug-likeness (QED) is 0.667. The van der Waals surface area contributed by atoms with Gasteiger partial charge in [-0.15, -0.1) is 5.10 Å². The van der Waals surface area contributed by atoms with Crippen LogP contribution >= 0.6 is 0 Å². The van der Waals surface area contributed by atoms with E-state index in [9.17, 15) is 9.59 Å². The van der Waals surface area contributed by atoms with Gasteiger partial charge in [-0.1, -0.05) is 0 Å². The number of tetrazole rings is 1. The van der Waals surface area contributed by atoms with Crippen LogP contribution in [-0.4, -0.2) is 43.3 Å². The number of benzene rings is 1. The molecule has 9 nitrogen and oxygen atoms in total. The Morgan fingerprint density at radius 1 is 1.19 bits per heavy atom. The van der Waals surface area contributed by atoms with Crippen molar-refractivity contribution < 1.29 is 14.3 Å². The number of hydrogen-bond acceptors (Lipinski definition) is 6. The number of ether oxygens (including phenoxy) is 1. The molecule has 1 amide bonds. The number of carbonyl (C=O) groups is 2. The van der Waals surface area contributed by atoms with Crippen LogP contribution in [0.2, 0.25) is 0 Å². The fraction of sp³-hybridized carbons (Fsp3) is 0.278. The van der Waals surface area contributed by atoms with Gasteiger partial charge in [-0.2, -0.15) is 0 Å². The highest BCUT2D eigenvalue weighted by atomic mass is 16.5. The molecule has 0 aliphatic rings. The highest BCUT2D eigenvalue weighted by molar-refractivity contribution is 5.93. The number of carbonyl (C=O) groups excluding carboxylic acids is 2. The second-order valence-corrected chi connectivity index (χ2v) is 5.94. The van der Waals surface area contributed by atoms with Gasteiger partial charge in [-0.05, 0) is 61.5 Å². The van der Waals surface area contributed by atoms with Crippen molar-refractivity contribution in [2.75, 3.05) is 11.9 Å². The number of amides is 1. The second-order valence-electron chi connectivity index (χ2n) is 5.94. The third-order valence-electron chi connectivity index (χ3n) is 4.14. The van der Waals surface area contributed by atoms with Gasteiger partial charge >= 0.3 is 5.97 Å². The van der Waals surface area contributed by atoms with E-state index < -0.39 is 0 Å². The third-order valence-corrected chi connectivity index (χ3v) is 4.14. The fourth-order valence-electron chi connectivity index (χ4n) is 2.78. The Hall–Kier alpha value is -3.49. The number of rotatable bonds is 6. The number of anilines is 1. The molecular formula is C18H20N6O3. The van der Waals surface area contributed by atoms with Gasteiger partial charge in [0.25, 0.3) is 0 Å². The lowest BCUT2D eigenvalue weighted by Crippen LogP contribution is -2.20. The van der Waals surface area contributed by atoms with E-state index in [-0.39, 0.29) is 18.4 Å². The monoisotopic (exact) mass is 368 g/mol. The highest BCUT2D eigenvalue weighted by Crippen LogP contribution is 2.17. The van der Waals surface area contributed by atoms with Gasteiger partial charge in [0.15, 0.2) is 0 Å². The highest BCUT2D eigenvalue weighted by Gasteiger charge is 2.18. The summed E-state index contributed by atoms with van der Waals surface area (Å²) in [5.41, 5.74) is 3.45. The van der Waals surface area contributed by atoms with Crippen molar-refractivity contribution in [1.82, 2.24) is 24.8 Å². The average molecular weight is 368 g/mol. The van der Waals surface area contributed by atoms with Gasteiger partial charge in [0, 0.05) is 17.1 Å². The topological polar surface area (TPSA) is 104 Å². The molecule has 0 aliphatic heterocycles. The second kappa shape index (κ2) is 7.81. The molecule has 0 unspecified atom stereocenters. The zero-order valence-electron chi connectivity index (χ0n) is 15.3. The minimum absolute atomic E-state index is 0.103. The molecule has 0 atom stereocenters. The van der Waals surface area contributed by atoms with Crippen LogP contribution in [0.3, 0.4) is 0 Å². The smallest absolute Gasteiger partial charge is 0.339 e. The first-order chi connectivity index (χ1) is 13.0. The van der Waals surface area contributed by atoms with Crippen molar-refractivity contribution in [3.8, 4) is 5.69 Å². The maximum absolute atomic E-state index is 12.4. The molecule has 3 rings (SSSR count). The van der Waals surface area contributed by atoms with Crippen molar-refractivity contribution in [3.05, 3.63) is 53.6 Å². The van der Waals surface area contributed by atoms with Gasteiger partial charge in [-0.25, -0.2) is 9.48 Å². The Balaban J connectivity index is 1.68. The lowest BCUT2D eigenvalue weighted by Gasteiger charge is -2.11. The van der Waals surface area contributed by atoms with E-state index in [1.807, 2.05) is 6.92 Å². The average Bonchev–Trinajstić information content (AvgIpc) is 3.27. The molecule has 27 heavy (non-hydrogen) atoms. The Labute approximate surface area is 155 Å². The van der Waals surface area contributed by atoms with E-state index in [0.717, 1.165) is 11.4 Å². The molecule has 140 valence electrons. The third kappa shape index (κ3) is 4.02. The SMILES string of the molecule is CCOC(=O)c1cc(C)n(CC(=O)Nc2ccc(-n3cnnn3)cc2)c1C. The Morgan fingerprint density at radius 2 is 1.93 bits per heavy atom. The largest absolute Gasteiger partial charge is 0.462 e. The fourth-order valence-corrected chi connectivity index (χ4v) is 2.78. The molecule has 0 saturated carbocycles. The lowest BCUT2D eigenvalue weighted by molar-refractivity contribution is -0.116. The van der Waals surface area contributed by atoms with Crippen LogP contribution in [0.4, 0.5) is 5.69 Å². The number of hydrogen-bond donors (Lipinski definition) is 1. The molecule has 1 aromatic carbocycles. The van der Waals surface area contributed by atoms with Gasteiger partial charge in [-0.3, -0.25) is 4.79 Å². The number of esters is 1. The molecule has 2 aromatic heterocycles. The minimum Gasteiger partial charge on any atom is -0.462 e. The molecule has 0 aliphatic carbocycles. The van der Waals surface area contributed by atoms with Crippen LogP contribution < -0.4 is 5.32 Å². The molecule has 1 N–H and O–H groups in total. The first kappa shape index (κ1) is 18.3. The minimum atomic E-state index is -0.379. The van der Waals surface area contributed by atoms with Gasteiger partial charge in [0.2, 0.25) is 5.91 Å². The van der Waals surface area contributed by atoms with Crippen LogP contribution in [-0.2, 0) is 16.1 Å². The lowest BCUT2D eigenvalue weighted by atomic mass is 10.2. The molecule has 0 radical (unpaired) electrons. The molecule has 0 saturated heterocycles. The van der Waals surface area contributed by atoms with Crippen LogP contribution in [0, 0.1) is 13.8 Å². The van der Waals surface area contributed by atoms with E-state index in [2.05, 4.69) is 20.8 Å². The molecule has 3 aromatic rings. The Morgan fingerprint density at radius 3 is 2.56 bits per heavy atom. The van der Waals surface area contributed by atoms with Gasteiger partial charge < -0.3 is 14.6 Å². The standard InChI is InChI=1S/C18H20N6O3/c1-4-27-18(26)16-9-12(2)23(13(16)3)10-17(25)20-14-5-7-15(8-6-14)24-11-19-21-22-24/h5-9,11H,4,10H2,1-3H3,(H,20,25). The van der Waals surface area contributed by atoms with Crippen molar-refractivity contribution in [2.45, 2.75) is 27.3 Å². The van der Waals surface area contributed by atoms with E-state index in [0.29, 0.717) is 23.6 Å². The Bertz CT molecular complexity index is 944. The van der Waals surface area contributed by atoms with E-state index >= 15 is 0 Å². The van der Waals surface area contributed by atoms with E-state index in [4.69, 9.17) is 4.74 Å². The summed E-state index contributed by atoms with van der Waals surface area (Å²) in [5.74, 6) is -0.571. The summed E-state index contributed by atoms with van der Waals surface area (Å²) in [6.45, 7) is 5.82. The maximum atomic E-state index is 12.4. The van der Waals surface area contributed by atoms with Gasteiger partial charge in [0.05, 0.1) is 17.9 Å². The van der Waals surface area contributed by atoms with Crippen LogP contribution in [0.25, 0.3) is 5.69 Å². The first-order valence-electron chi connectivity index (χ1n) is 8.46.